The summed E-state index contributed by atoms with van der Waals surface area (Å²) in [7, 11) is 0. The second-order valence-corrected chi connectivity index (χ2v) is 10.5. The number of fused-ring (bicyclic) bond motifs is 3. The SMILES string of the molecule is CC(C)N1C(=O)c2c(O)c(=O)c(-c3nnc(Cc4ccc(F)cc4F)s3)cn2N2CC[C@@H](C)C[C@@H]12. The van der Waals surface area contributed by atoms with Gasteiger partial charge >= 0.3 is 0 Å². The van der Waals surface area contributed by atoms with Gasteiger partial charge in [0.15, 0.2) is 16.5 Å². The molecule has 8 nitrogen and oxygen atoms in total. The van der Waals surface area contributed by atoms with Crippen molar-refractivity contribution >= 4 is 17.2 Å². The third-order valence-electron chi connectivity index (χ3n) is 6.62. The van der Waals surface area contributed by atoms with E-state index in [1.165, 1.54) is 12.1 Å². The standard InChI is InChI=1S/C24H25F2N5O3S/c1-12(2)31-19-8-13(3)6-7-29(19)30-11-16(21(32)22(33)20(30)24(31)34)23-28-27-18(35-23)9-14-4-5-15(25)10-17(14)26/h4-5,10-13,19,33H,6-9H2,1-3H3/t13-,19-/m1/s1. The molecule has 2 aromatic heterocycles. The van der Waals surface area contributed by atoms with Gasteiger partial charge in [0, 0.05) is 31.3 Å². The van der Waals surface area contributed by atoms with Gasteiger partial charge in [-0.3, -0.25) is 19.3 Å². The molecule has 35 heavy (non-hydrogen) atoms. The number of nitrogens with zero attached hydrogens (tertiary/aromatic N) is 5. The number of amides is 1. The van der Waals surface area contributed by atoms with Gasteiger partial charge in [0.05, 0.1) is 5.56 Å². The molecule has 5 rings (SSSR count). The monoisotopic (exact) mass is 501 g/mol. The zero-order valence-corrected chi connectivity index (χ0v) is 20.4. The fourth-order valence-corrected chi connectivity index (χ4v) is 5.72. The van der Waals surface area contributed by atoms with E-state index in [1.54, 1.807) is 15.8 Å². The Morgan fingerprint density at radius 2 is 2.00 bits per heavy atom. The number of pyridine rings is 1. The summed E-state index contributed by atoms with van der Waals surface area (Å²) in [5.41, 5.74) is -0.411. The first-order valence-corrected chi connectivity index (χ1v) is 12.3. The molecule has 3 aromatic rings. The molecule has 0 bridgehead atoms. The number of carbonyl (C=O) groups is 1. The van der Waals surface area contributed by atoms with E-state index < -0.39 is 22.8 Å². The van der Waals surface area contributed by atoms with E-state index in [0.717, 1.165) is 30.2 Å². The number of piperidine rings is 1. The molecule has 0 saturated carbocycles. The van der Waals surface area contributed by atoms with Gasteiger partial charge in [0.2, 0.25) is 5.43 Å². The number of carbonyl (C=O) groups excluding carboxylic acids is 1. The molecule has 2 aliphatic rings. The molecule has 4 heterocycles. The number of aromatic nitrogens is 3. The summed E-state index contributed by atoms with van der Waals surface area (Å²) in [6.07, 6.45) is 3.11. The van der Waals surface area contributed by atoms with Gasteiger partial charge in [0.1, 0.15) is 22.8 Å². The summed E-state index contributed by atoms with van der Waals surface area (Å²) in [5, 5.41) is 21.7. The van der Waals surface area contributed by atoms with Crippen molar-refractivity contribution in [1.82, 2.24) is 19.8 Å². The Kier molecular flexibility index (Phi) is 5.82. The fraction of sp³-hybridized carbons (Fsp3) is 0.417. The van der Waals surface area contributed by atoms with Gasteiger partial charge in [-0.05, 0) is 44.2 Å². The lowest BCUT2D eigenvalue weighted by atomic mass is 9.95. The van der Waals surface area contributed by atoms with Crippen LogP contribution in [0.25, 0.3) is 10.6 Å². The van der Waals surface area contributed by atoms with Gasteiger partial charge in [-0.2, -0.15) is 0 Å². The summed E-state index contributed by atoms with van der Waals surface area (Å²) >= 11 is 1.08. The number of halogens is 2. The first-order valence-electron chi connectivity index (χ1n) is 11.5. The minimum Gasteiger partial charge on any atom is -0.502 e. The quantitative estimate of drug-likeness (QED) is 0.589. The van der Waals surface area contributed by atoms with Crippen molar-refractivity contribution in [3.8, 4) is 16.3 Å². The number of hydrogen-bond donors (Lipinski definition) is 1. The highest BCUT2D eigenvalue weighted by atomic mass is 32.1. The molecule has 1 fully saturated rings. The van der Waals surface area contributed by atoms with Crippen LogP contribution in [0, 0.1) is 17.6 Å². The Hall–Kier alpha value is -3.34. The van der Waals surface area contributed by atoms with Crippen LogP contribution in [0.2, 0.25) is 0 Å². The van der Waals surface area contributed by atoms with Gasteiger partial charge in [-0.1, -0.05) is 24.3 Å². The van der Waals surface area contributed by atoms with Gasteiger partial charge < -0.3 is 10.0 Å². The van der Waals surface area contributed by atoms with E-state index in [4.69, 9.17) is 0 Å². The second kappa shape index (κ2) is 8.71. The molecule has 2 atom stereocenters. The maximum atomic E-state index is 14.1. The number of benzene rings is 1. The molecule has 0 radical (unpaired) electrons. The molecule has 0 aliphatic carbocycles. The zero-order chi connectivity index (χ0) is 25.0. The molecular weight excluding hydrogens is 476 g/mol. The van der Waals surface area contributed by atoms with E-state index in [9.17, 15) is 23.5 Å². The largest absolute Gasteiger partial charge is 0.502 e. The summed E-state index contributed by atoms with van der Waals surface area (Å²) in [4.78, 5) is 28.2. The van der Waals surface area contributed by atoms with Crippen LogP contribution in [0.15, 0.2) is 29.2 Å². The lowest BCUT2D eigenvalue weighted by Crippen LogP contribution is -2.65. The van der Waals surface area contributed by atoms with E-state index in [-0.39, 0.29) is 46.4 Å². The number of rotatable bonds is 4. The Bertz CT molecular complexity index is 1370. The first-order chi connectivity index (χ1) is 16.7. The molecule has 1 aromatic carbocycles. The van der Waals surface area contributed by atoms with Crippen molar-refractivity contribution in [3.63, 3.8) is 0 Å². The van der Waals surface area contributed by atoms with Crippen molar-refractivity contribution in [2.75, 3.05) is 11.6 Å². The maximum Gasteiger partial charge on any atom is 0.278 e. The molecule has 0 spiro atoms. The normalized spacial score (nSPS) is 19.8. The van der Waals surface area contributed by atoms with Crippen LogP contribution in [-0.2, 0) is 6.42 Å². The van der Waals surface area contributed by atoms with Crippen LogP contribution in [0.1, 0.15) is 54.7 Å². The molecule has 1 saturated heterocycles. The van der Waals surface area contributed by atoms with E-state index in [1.807, 2.05) is 18.9 Å². The molecule has 1 amide bonds. The molecular formula is C24H25F2N5O3S. The fourth-order valence-electron chi connectivity index (χ4n) is 4.85. The third kappa shape index (κ3) is 3.97. The summed E-state index contributed by atoms with van der Waals surface area (Å²) in [6.45, 7) is 6.64. The van der Waals surface area contributed by atoms with Crippen molar-refractivity contribution < 1.29 is 18.7 Å². The topological polar surface area (TPSA) is 91.6 Å². The van der Waals surface area contributed by atoms with Crippen LogP contribution in [0.4, 0.5) is 8.78 Å². The second-order valence-electron chi connectivity index (χ2n) is 9.41. The molecule has 184 valence electrons. The number of hydrogen-bond acceptors (Lipinski definition) is 7. The van der Waals surface area contributed by atoms with Crippen LogP contribution in [0.5, 0.6) is 5.75 Å². The van der Waals surface area contributed by atoms with Crippen molar-refractivity contribution in [2.24, 2.45) is 5.92 Å². The third-order valence-corrected chi connectivity index (χ3v) is 7.57. The van der Waals surface area contributed by atoms with E-state index >= 15 is 0 Å². The van der Waals surface area contributed by atoms with Gasteiger partial charge in [0.25, 0.3) is 5.91 Å². The minimum absolute atomic E-state index is 0.0589. The average molecular weight is 502 g/mol. The lowest BCUT2D eigenvalue weighted by molar-refractivity contribution is 0.0387. The smallest absolute Gasteiger partial charge is 0.278 e. The van der Waals surface area contributed by atoms with Crippen LogP contribution in [0.3, 0.4) is 0 Å². The van der Waals surface area contributed by atoms with Crippen LogP contribution < -0.4 is 10.4 Å². The molecule has 11 heteroatoms. The van der Waals surface area contributed by atoms with Gasteiger partial charge in [-0.25, -0.2) is 8.78 Å². The molecule has 1 N–H and O–H groups in total. The highest BCUT2D eigenvalue weighted by Gasteiger charge is 2.43. The van der Waals surface area contributed by atoms with Crippen molar-refractivity contribution in [1.29, 1.82) is 0 Å². The van der Waals surface area contributed by atoms with Crippen molar-refractivity contribution in [3.05, 3.63) is 62.5 Å². The predicted octanol–water partition coefficient (Wildman–Crippen LogP) is 3.50. The zero-order valence-electron chi connectivity index (χ0n) is 19.5. The Labute approximate surface area is 204 Å². The summed E-state index contributed by atoms with van der Waals surface area (Å²) < 4.78 is 28.9. The van der Waals surface area contributed by atoms with Crippen molar-refractivity contribution in [2.45, 2.75) is 52.2 Å². The van der Waals surface area contributed by atoms with Crippen LogP contribution in [-0.4, -0.2) is 49.5 Å². The predicted molar refractivity (Wildman–Crippen MR) is 127 cm³/mol. The highest BCUT2D eigenvalue weighted by molar-refractivity contribution is 7.14. The Morgan fingerprint density at radius 1 is 1.23 bits per heavy atom. The maximum absolute atomic E-state index is 14.1. The Morgan fingerprint density at radius 3 is 2.71 bits per heavy atom. The summed E-state index contributed by atoms with van der Waals surface area (Å²) in [5.74, 6) is -1.95. The highest BCUT2D eigenvalue weighted by Crippen LogP contribution is 2.34. The Balaban J connectivity index is 1.56. The average Bonchev–Trinajstić information content (AvgIpc) is 3.25. The van der Waals surface area contributed by atoms with Gasteiger partial charge in [-0.15, -0.1) is 10.2 Å². The van der Waals surface area contributed by atoms with Crippen LogP contribution >= 0.6 is 11.3 Å². The lowest BCUT2D eigenvalue weighted by Gasteiger charge is -2.51. The van der Waals surface area contributed by atoms with E-state index in [0.29, 0.717) is 17.5 Å². The minimum atomic E-state index is -0.715. The summed E-state index contributed by atoms with van der Waals surface area (Å²) in [6, 6.07) is 3.20. The van der Waals surface area contributed by atoms with E-state index in [2.05, 4.69) is 17.1 Å². The first kappa shape index (κ1) is 23.4. The molecule has 2 aliphatic heterocycles. The molecule has 0 unspecified atom stereocenters. The number of aromatic hydroxyl groups is 1.